The Bertz CT molecular complexity index is 516. The zero-order chi connectivity index (χ0) is 12.3. The number of rotatable bonds is 4. The topological polar surface area (TPSA) is 45.1 Å². The van der Waals surface area contributed by atoms with Crippen LogP contribution in [0.15, 0.2) is 30.5 Å². The Morgan fingerprint density at radius 1 is 1.41 bits per heavy atom. The van der Waals surface area contributed by atoms with E-state index in [4.69, 9.17) is 16.7 Å². The first-order valence-corrected chi connectivity index (χ1v) is 5.97. The Labute approximate surface area is 105 Å². The van der Waals surface area contributed by atoms with E-state index < -0.39 is 0 Å². The second-order valence-corrected chi connectivity index (χ2v) is 4.30. The Kier molecular flexibility index (Phi) is 3.94. The van der Waals surface area contributed by atoms with Crippen LogP contribution in [-0.2, 0) is 0 Å². The van der Waals surface area contributed by atoms with Crippen molar-refractivity contribution >= 4 is 22.5 Å². The van der Waals surface area contributed by atoms with Crippen molar-refractivity contribution in [2.75, 3.05) is 13.7 Å². The predicted molar refractivity (Wildman–Crippen MR) is 70.3 cm³/mol. The largest absolute Gasteiger partial charge is 0.396 e. The van der Waals surface area contributed by atoms with Crippen LogP contribution in [0, 0.1) is 0 Å². The lowest BCUT2D eigenvalue weighted by atomic mass is 10.0. The second kappa shape index (κ2) is 5.45. The molecule has 0 saturated heterocycles. The summed E-state index contributed by atoms with van der Waals surface area (Å²) in [5, 5.41) is 13.9. The second-order valence-electron chi connectivity index (χ2n) is 3.89. The number of hydrogen-bond acceptors (Lipinski definition) is 3. The summed E-state index contributed by atoms with van der Waals surface area (Å²) in [7, 11) is 1.88. The molecule has 1 aromatic carbocycles. The molecule has 4 heteroatoms. The smallest absolute Gasteiger partial charge is 0.0764 e. The van der Waals surface area contributed by atoms with Crippen molar-refractivity contribution in [3.8, 4) is 0 Å². The number of pyridine rings is 1. The molecule has 2 N–H and O–H groups in total. The maximum atomic E-state index is 9.07. The van der Waals surface area contributed by atoms with Crippen LogP contribution in [0.5, 0.6) is 0 Å². The summed E-state index contributed by atoms with van der Waals surface area (Å²) in [5.74, 6) is 0. The van der Waals surface area contributed by atoms with Gasteiger partial charge in [-0.15, -0.1) is 0 Å². The van der Waals surface area contributed by atoms with E-state index in [-0.39, 0.29) is 12.6 Å². The fraction of sp³-hybridized carbons (Fsp3) is 0.308. The highest BCUT2D eigenvalue weighted by Crippen LogP contribution is 2.29. The van der Waals surface area contributed by atoms with Crippen LogP contribution in [0.1, 0.15) is 18.0 Å². The van der Waals surface area contributed by atoms with Gasteiger partial charge < -0.3 is 10.4 Å². The van der Waals surface area contributed by atoms with E-state index in [2.05, 4.69) is 10.3 Å². The van der Waals surface area contributed by atoms with Crippen molar-refractivity contribution in [2.24, 2.45) is 0 Å². The van der Waals surface area contributed by atoms with E-state index >= 15 is 0 Å². The number of hydrogen-bond donors (Lipinski definition) is 2. The summed E-state index contributed by atoms with van der Waals surface area (Å²) < 4.78 is 0. The Balaban J connectivity index is 2.57. The van der Waals surface area contributed by atoms with Crippen LogP contribution in [0.3, 0.4) is 0 Å². The number of aromatic nitrogens is 1. The normalized spacial score (nSPS) is 12.9. The maximum Gasteiger partial charge on any atom is 0.0764 e. The number of fused-ring (bicyclic) bond motifs is 1. The van der Waals surface area contributed by atoms with Gasteiger partial charge in [0.25, 0.3) is 0 Å². The zero-order valence-corrected chi connectivity index (χ0v) is 10.4. The van der Waals surface area contributed by atoms with E-state index in [0.29, 0.717) is 11.4 Å². The number of aliphatic hydroxyl groups is 1. The number of nitrogens with zero attached hydrogens (tertiary/aromatic N) is 1. The van der Waals surface area contributed by atoms with Crippen LogP contribution in [0.2, 0.25) is 5.02 Å². The minimum absolute atomic E-state index is 0.0923. The van der Waals surface area contributed by atoms with Gasteiger partial charge in [-0.05, 0) is 37.2 Å². The van der Waals surface area contributed by atoms with Gasteiger partial charge in [0.2, 0.25) is 0 Å². The molecule has 0 bridgehead atoms. The van der Waals surface area contributed by atoms with Gasteiger partial charge in [0.1, 0.15) is 0 Å². The minimum Gasteiger partial charge on any atom is -0.396 e. The first kappa shape index (κ1) is 12.3. The fourth-order valence-electron chi connectivity index (χ4n) is 2.03. The quantitative estimate of drug-likeness (QED) is 0.877. The summed E-state index contributed by atoms with van der Waals surface area (Å²) in [6.07, 6.45) is 2.41. The van der Waals surface area contributed by atoms with Gasteiger partial charge in [-0.25, -0.2) is 0 Å². The molecular formula is C13H15ClN2O. The molecule has 1 unspecified atom stereocenters. The van der Waals surface area contributed by atoms with Crippen molar-refractivity contribution in [1.82, 2.24) is 10.3 Å². The molecule has 0 radical (unpaired) electrons. The molecule has 0 aliphatic rings. The van der Waals surface area contributed by atoms with E-state index in [0.717, 1.165) is 16.5 Å². The standard InChI is InChI=1S/C13H15ClN2O/c1-15-12(6-8-17)10-4-5-11(14)9-3-2-7-16-13(9)10/h2-5,7,12,15,17H,6,8H2,1H3. The number of halogens is 1. The summed E-state index contributed by atoms with van der Waals surface area (Å²) in [6.45, 7) is 0.141. The van der Waals surface area contributed by atoms with Crippen molar-refractivity contribution in [2.45, 2.75) is 12.5 Å². The Morgan fingerprint density at radius 2 is 2.24 bits per heavy atom. The molecule has 1 aromatic heterocycles. The predicted octanol–water partition coefficient (Wildman–Crippen LogP) is 2.53. The summed E-state index contributed by atoms with van der Waals surface area (Å²) in [4.78, 5) is 4.39. The molecule has 0 amide bonds. The van der Waals surface area contributed by atoms with Crippen LogP contribution >= 0.6 is 11.6 Å². The third kappa shape index (κ3) is 2.41. The van der Waals surface area contributed by atoms with Gasteiger partial charge in [0.15, 0.2) is 0 Å². The van der Waals surface area contributed by atoms with Gasteiger partial charge in [-0.1, -0.05) is 17.7 Å². The molecule has 3 nitrogen and oxygen atoms in total. The lowest BCUT2D eigenvalue weighted by Gasteiger charge is -2.17. The highest BCUT2D eigenvalue weighted by atomic mass is 35.5. The van der Waals surface area contributed by atoms with Gasteiger partial charge in [-0.3, -0.25) is 4.98 Å². The third-order valence-corrected chi connectivity index (χ3v) is 3.22. The molecule has 1 atom stereocenters. The molecule has 2 aromatic rings. The molecule has 1 heterocycles. The maximum absolute atomic E-state index is 9.07. The van der Waals surface area contributed by atoms with Gasteiger partial charge >= 0.3 is 0 Å². The molecule has 0 fully saturated rings. The zero-order valence-electron chi connectivity index (χ0n) is 9.65. The lowest BCUT2D eigenvalue weighted by molar-refractivity contribution is 0.269. The molecule has 0 aliphatic carbocycles. The van der Waals surface area contributed by atoms with Crippen LogP contribution < -0.4 is 5.32 Å². The van der Waals surface area contributed by atoms with Gasteiger partial charge in [0.05, 0.1) is 5.52 Å². The monoisotopic (exact) mass is 250 g/mol. The highest BCUT2D eigenvalue weighted by Gasteiger charge is 2.13. The van der Waals surface area contributed by atoms with Crippen molar-refractivity contribution in [3.63, 3.8) is 0 Å². The molecule has 2 rings (SSSR count). The number of nitrogens with one attached hydrogen (secondary N) is 1. The van der Waals surface area contributed by atoms with E-state index in [1.807, 2.05) is 31.3 Å². The van der Waals surface area contributed by atoms with Crippen LogP contribution in [-0.4, -0.2) is 23.7 Å². The Morgan fingerprint density at radius 3 is 2.94 bits per heavy atom. The van der Waals surface area contributed by atoms with Crippen LogP contribution in [0.25, 0.3) is 10.9 Å². The fourth-order valence-corrected chi connectivity index (χ4v) is 2.24. The molecule has 0 aliphatic heterocycles. The van der Waals surface area contributed by atoms with Gasteiger partial charge in [-0.2, -0.15) is 0 Å². The number of aliphatic hydroxyl groups excluding tert-OH is 1. The third-order valence-electron chi connectivity index (χ3n) is 2.89. The molecule has 0 saturated carbocycles. The summed E-state index contributed by atoms with van der Waals surface area (Å²) in [5.41, 5.74) is 1.97. The lowest BCUT2D eigenvalue weighted by Crippen LogP contribution is -2.18. The number of benzene rings is 1. The Hall–Kier alpha value is -1.16. The van der Waals surface area contributed by atoms with Gasteiger partial charge in [0, 0.05) is 29.3 Å². The van der Waals surface area contributed by atoms with E-state index in [1.54, 1.807) is 6.20 Å². The first-order chi connectivity index (χ1) is 8.27. The highest BCUT2D eigenvalue weighted by molar-refractivity contribution is 6.35. The molecule has 17 heavy (non-hydrogen) atoms. The molecule has 0 spiro atoms. The first-order valence-electron chi connectivity index (χ1n) is 5.59. The molecular weight excluding hydrogens is 236 g/mol. The average molecular weight is 251 g/mol. The molecule has 90 valence electrons. The van der Waals surface area contributed by atoms with Crippen molar-refractivity contribution in [3.05, 3.63) is 41.0 Å². The van der Waals surface area contributed by atoms with E-state index in [9.17, 15) is 0 Å². The SMILES string of the molecule is CNC(CCO)c1ccc(Cl)c2cccnc12. The van der Waals surface area contributed by atoms with Crippen LogP contribution in [0.4, 0.5) is 0 Å². The summed E-state index contributed by atoms with van der Waals surface area (Å²) in [6, 6.07) is 7.77. The minimum atomic E-state index is 0.0923. The van der Waals surface area contributed by atoms with E-state index in [1.165, 1.54) is 0 Å². The van der Waals surface area contributed by atoms with Crippen molar-refractivity contribution < 1.29 is 5.11 Å². The van der Waals surface area contributed by atoms with Crippen molar-refractivity contribution in [1.29, 1.82) is 0 Å². The average Bonchev–Trinajstić information content (AvgIpc) is 2.37. The summed E-state index contributed by atoms with van der Waals surface area (Å²) >= 11 is 6.14.